The Balaban J connectivity index is 1.99. The highest BCUT2D eigenvalue weighted by atomic mass is 79.9. The molecule has 6 heteroatoms. The molecule has 4 nitrogen and oxygen atoms in total. The van der Waals surface area contributed by atoms with Crippen LogP contribution in [0.15, 0.2) is 41.1 Å². The number of hydrogen-bond donors (Lipinski definition) is 0. The maximum absolute atomic E-state index is 5.80. The third kappa shape index (κ3) is 2.23. The lowest BCUT2D eigenvalue weighted by atomic mass is 10.2. The Bertz CT molecular complexity index is 693. The van der Waals surface area contributed by atoms with E-state index in [-0.39, 0.29) is 5.28 Å². The van der Waals surface area contributed by atoms with Gasteiger partial charge in [-0.3, -0.25) is 0 Å². The van der Waals surface area contributed by atoms with Crippen LogP contribution in [0.25, 0.3) is 11.0 Å². The zero-order chi connectivity index (χ0) is 12.5. The topological polar surface area (TPSA) is 43.6 Å². The van der Waals surface area contributed by atoms with Gasteiger partial charge in [0.05, 0.1) is 18.1 Å². The van der Waals surface area contributed by atoms with Crippen LogP contribution in [-0.4, -0.2) is 19.7 Å². The maximum Gasteiger partial charge on any atom is 0.224 e. The molecule has 0 amide bonds. The van der Waals surface area contributed by atoms with Crippen molar-refractivity contribution < 1.29 is 0 Å². The molecule has 18 heavy (non-hydrogen) atoms. The van der Waals surface area contributed by atoms with Crippen molar-refractivity contribution in [3.05, 3.63) is 52.0 Å². The second-order valence-corrected chi connectivity index (χ2v) is 5.10. The molecule has 2 aromatic heterocycles. The van der Waals surface area contributed by atoms with E-state index < -0.39 is 0 Å². The fourth-order valence-corrected chi connectivity index (χ4v) is 2.12. The Labute approximate surface area is 117 Å². The summed E-state index contributed by atoms with van der Waals surface area (Å²) in [5, 5.41) is 5.42. The highest BCUT2D eigenvalue weighted by Gasteiger charge is 2.06. The third-order valence-corrected chi connectivity index (χ3v) is 3.30. The fraction of sp³-hybridized carbons (Fsp3) is 0.0833. The Morgan fingerprint density at radius 2 is 1.94 bits per heavy atom. The molecule has 0 aliphatic heterocycles. The van der Waals surface area contributed by atoms with Crippen LogP contribution in [0.5, 0.6) is 0 Å². The average molecular weight is 324 g/mol. The summed E-state index contributed by atoms with van der Waals surface area (Å²) in [6, 6.07) is 8.09. The third-order valence-electron chi connectivity index (χ3n) is 2.59. The smallest absolute Gasteiger partial charge is 0.224 e. The van der Waals surface area contributed by atoms with Crippen LogP contribution in [0.3, 0.4) is 0 Å². The molecular weight excluding hydrogens is 316 g/mol. The summed E-state index contributed by atoms with van der Waals surface area (Å²) in [4.78, 5) is 8.13. The molecule has 0 aliphatic rings. The molecule has 0 spiro atoms. The molecule has 1 aromatic carbocycles. The van der Waals surface area contributed by atoms with Gasteiger partial charge in [0.25, 0.3) is 0 Å². The molecular formula is C12H8BrClN4. The van der Waals surface area contributed by atoms with Crippen molar-refractivity contribution in [2.75, 3.05) is 0 Å². The number of nitrogens with zero attached hydrogens (tertiary/aromatic N) is 4. The largest absolute Gasteiger partial charge is 0.243 e. The first-order chi connectivity index (χ1) is 8.72. The first-order valence-electron chi connectivity index (χ1n) is 5.31. The molecule has 0 N–H and O–H groups in total. The van der Waals surface area contributed by atoms with Crippen LogP contribution in [0.4, 0.5) is 0 Å². The van der Waals surface area contributed by atoms with Crippen LogP contribution in [0.2, 0.25) is 5.28 Å². The highest BCUT2D eigenvalue weighted by Crippen LogP contribution is 2.15. The second kappa shape index (κ2) is 4.66. The quantitative estimate of drug-likeness (QED) is 0.680. The standard InChI is InChI=1S/C12H8BrClN4/c13-10-3-1-8(2-4-10)7-18-11-9(6-16-18)5-15-12(14)17-11/h1-6H,7H2. The minimum absolute atomic E-state index is 0.236. The minimum Gasteiger partial charge on any atom is -0.243 e. The van der Waals surface area contributed by atoms with Crippen LogP contribution in [0, 0.1) is 0 Å². The van der Waals surface area contributed by atoms with Crippen molar-refractivity contribution in [3.63, 3.8) is 0 Å². The van der Waals surface area contributed by atoms with Gasteiger partial charge in [-0.05, 0) is 29.3 Å². The van der Waals surface area contributed by atoms with Gasteiger partial charge in [0.1, 0.15) is 0 Å². The van der Waals surface area contributed by atoms with E-state index in [1.807, 2.05) is 28.9 Å². The molecule has 0 bridgehead atoms. The average Bonchev–Trinajstić information content (AvgIpc) is 2.75. The molecule has 0 atom stereocenters. The molecule has 0 radical (unpaired) electrons. The first kappa shape index (κ1) is 11.6. The molecule has 0 unspecified atom stereocenters. The molecule has 90 valence electrons. The van der Waals surface area contributed by atoms with Crippen molar-refractivity contribution in [1.29, 1.82) is 0 Å². The monoisotopic (exact) mass is 322 g/mol. The molecule has 0 aliphatic carbocycles. The van der Waals surface area contributed by atoms with Gasteiger partial charge in [0, 0.05) is 10.7 Å². The Hall–Kier alpha value is -1.46. The summed E-state index contributed by atoms with van der Waals surface area (Å²) in [6.07, 6.45) is 3.42. The zero-order valence-electron chi connectivity index (χ0n) is 9.22. The van der Waals surface area contributed by atoms with Crippen LogP contribution in [0.1, 0.15) is 5.56 Å². The van der Waals surface area contributed by atoms with Gasteiger partial charge in [-0.1, -0.05) is 28.1 Å². The SMILES string of the molecule is Clc1ncc2cnn(Cc3ccc(Br)cc3)c2n1. The van der Waals surface area contributed by atoms with E-state index in [0.29, 0.717) is 6.54 Å². The van der Waals surface area contributed by atoms with E-state index in [1.54, 1.807) is 12.4 Å². The molecule has 0 saturated heterocycles. The lowest BCUT2D eigenvalue weighted by Crippen LogP contribution is -2.02. The minimum atomic E-state index is 0.236. The van der Waals surface area contributed by atoms with Crippen molar-refractivity contribution in [1.82, 2.24) is 19.7 Å². The van der Waals surface area contributed by atoms with Gasteiger partial charge in [-0.25, -0.2) is 9.67 Å². The number of hydrogen-bond acceptors (Lipinski definition) is 3. The van der Waals surface area contributed by atoms with Crippen molar-refractivity contribution in [2.45, 2.75) is 6.54 Å². The summed E-state index contributed by atoms with van der Waals surface area (Å²) < 4.78 is 2.87. The predicted molar refractivity (Wildman–Crippen MR) is 73.6 cm³/mol. The number of rotatable bonds is 2. The van der Waals surface area contributed by atoms with E-state index in [9.17, 15) is 0 Å². The fourth-order valence-electron chi connectivity index (χ4n) is 1.72. The van der Waals surface area contributed by atoms with Gasteiger partial charge < -0.3 is 0 Å². The summed E-state index contributed by atoms with van der Waals surface area (Å²) in [6.45, 7) is 0.657. The first-order valence-corrected chi connectivity index (χ1v) is 6.48. The van der Waals surface area contributed by atoms with Crippen LogP contribution >= 0.6 is 27.5 Å². The number of aromatic nitrogens is 4. The number of halogens is 2. The summed E-state index contributed by atoms with van der Waals surface area (Å²) >= 11 is 9.21. The van der Waals surface area contributed by atoms with E-state index in [2.05, 4.69) is 31.0 Å². The number of benzene rings is 1. The molecule has 3 rings (SSSR count). The van der Waals surface area contributed by atoms with Gasteiger partial charge in [0.15, 0.2) is 5.65 Å². The summed E-state index contributed by atoms with van der Waals surface area (Å²) in [5.74, 6) is 0. The van der Waals surface area contributed by atoms with Gasteiger partial charge in [-0.15, -0.1) is 0 Å². The van der Waals surface area contributed by atoms with Crippen LogP contribution in [-0.2, 0) is 6.54 Å². The molecule has 0 saturated carbocycles. The van der Waals surface area contributed by atoms with Gasteiger partial charge >= 0.3 is 0 Å². The summed E-state index contributed by atoms with van der Waals surface area (Å²) in [5.41, 5.74) is 1.90. The predicted octanol–water partition coefficient (Wildman–Crippen LogP) is 3.29. The Morgan fingerprint density at radius 3 is 2.72 bits per heavy atom. The Kier molecular flexibility index (Phi) is 3.01. The molecule has 0 fully saturated rings. The van der Waals surface area contributed by atoms with Crippen LogP contribution < -0.4 is 0 Å². The normalized spacial score (nSPS) is 11.0. The molecule has 3 aromatic rings. The van der Waals surface area contributed by atoms with E-state index in [4.69, 9.17) is 11.6 Å². The van der Waals surface area contributed by atoms with Gasteiger partial charge in [0.2, 0.25) is 5.28 Å². The van der Waals surface area contributed by atoms with Crippen molar-refractivity contribution in [3.8, 4) is 0 Å². The highest BCUT2D eigenvalue weighted by molar-refractivity contribution is 9.10. The summed E-state index contributed by atoms with van der Waals surface area (Å²) in [7, 11) is 0. The van der Waals surface area contributed by atoms with E-state index in [0.717, 1.165) is 21.1 Å². The molecule has 2 heterocycles. The maximum atomic E-state index is 5.80. The van der Waals surface area contributed by atoms with E-state index in [1.165, 1.54) is 0 Å². The lowest BCUT2D eigenvalue weighted by molar-refractivity contribution is 0.703. The van der Waals surface area contributed by atoms with E-state index >= 15 is 0 Å². The second-order valence-electron chi connectivity index (χ2n) is 3.85. The zero-order valence-corrected chi connectivity index (χ0v) is 11.6. The van der Waals surface area contributed by atoms with Crippen molar-refractivity contribution >= 4 is 38.6 Å². The van der Waals surface area contributed by atoms with Crippen molar-refractivity contribution in [2.24, 2.45) is 0 Å². The van der Waals surface area contributed by atoms with Gasteiger partial charge in [-0.2, -0.15) is 10.1 Å². The Morgan fingerprint density at radius 1 is 1.17 bits per heavy atom. The number of fused-ring (bicyclic) bond motifs is 1. The lowest BCUT2D eigenvalue weighted by Gasteiger charge is -2.03.